The monoisotopic (exact) mass is 325 g/mol. The van der Waals surface area contributed by atoms with Crippen molar-refractivity contribution in [2.45, 2.75) is 32.7 Å². The molecule has 2 aromatic rings. The number of benzene rings is 2. The van der Waals surface area contributed by atoms with Crippen molar-refractivity contribution in [1.29, 1.82) is 0 Å². The third-order valence-corrected chi connectivity index (χ3v) is 4.08. The molecule has 0 amide bonds. The molecule has 1 unspecified atom stereocenters. The smallest absolute Gasteiger partial charge is 0.142 e. The van der Waals surface area contributed by atoms with Gasteiger partial charge < -0.3 is 5.32 Å². The van der Waals surface area contributed by atoms with Crippen LogP contribution in [0.15, 0.2) is 36.4 Å². The van der Waals surface area contributed by atoms with Crippen molar-refractivity contribution >= 4 is 28.9 Å². The lowest BCUT2D eigenvalue weighted by molar-refractivity contribution is 0.624. The topological polar surface area (TPSA) is 12.0 Å². The summed E-state index contributed by atoms with van der Waals surface area (Å²) in [4.78, 5) is 0. The molecule has 0 aliphatic carbocycles. The molecular weight excluding hydrogens is 308 g/mol. The number of para-hydroxylation sites is 1. The Balaban J connectivity index is 2.30. The number of anilines is 1. The summed E-state index contributed by atoms with van der Waals surface area (Å²) in [5.74, 6) is -0.0554. The van der Waals surface area contributed by atoms with E-state index in [0.717, 1.165) is 5.69 Å². The van der Waals surface area contributed by atoms with E-state index >= 15 is 0 Å². The average molecular weight is 326 g/mol. The molecule has 1 atom stereocenters. The van der Waals surface area contributed by atoms with Gasteiger partial charge in [-0.2, -0.15) is 0 Å². The Hall–Kier alpha value is -1.25. The van der Waals surface area contributed by atoms with Crippen LogP contribution in [0.3, 0.4) is 0 Å². The molecule has 2 aromatic carbocycles. The van der Waals surface area contributed by atoms with Gasteiger partial charge in [-0.3, -0.25) is 0 Å². The molecule has 0 bridgehead atoms. The van der Waals surface area contributed by atoms with Gasteiger partial charge in [-0.15, -0.1) is 0 Å². The van der Waals surface area contributed by atoms with Crippen molar-refractivity contribution < 1.29 is 4.39 Å². The van der Waals surface area contributed by atoms with Crippen LogP contribution in [-0.4, -0.2) is 0 Å². The predicted molar refractivity (Wildman–Crippen MR) is 89.0 cm³/mol. The zero-order valence-electron chi connectivity index (χ0n) is 12.3. The van der Waals surface area contributed by atoms with E-state index in [4.69, 9.17) is 23.2 Å². The summed E-state index contributed by atoms with van der Waals surface area (Å²) < 4.78 is 13.6. The van der Waals surface area contributed by atoms with Crippen molar-refractivity contribution in [2.24, 2.45) is 0 Å². The number of halogens is 3. The van der Waals surface area contributed by atoms with Crippen LogP contribution >= 0.6 is 23.2 Å². The fraction of sp³-hybridized carbons (Fsp3) is 0.294. The molecule has 0 aliphatic rings. The quantitative estimate of drug-likeness (QED) is 0.638. The molecule has 4 heteroatoms. The number of rotatable bonds is 4. The minimum absolute atomic E-state index is 0.0403. The highest BCUT2D eigenvalue weighted by Crippen LogP contribution is 2.32. The van der Waals surface area contributed by atoms with Gasteiger partial charge in [0.15, 0.2) is 0 Å². The van der Waals surface area contributed by atoms with E-state index in [1.165, 1.54) is 17.7 Å². The van der Waals surface area contributed by atoms with Crippen LogP contribution in [0.25, 0.3) is 0 Å². The van der Waals surface area contributed by atoms with Gasteiger partial charge in [0.2, 0.25) is 0 Å². The lowest BCUT2D eigenvalue weighted by Crippen LogP contribution is -2.10. The molecule has 0 fully saturated rings. The van der Waals surface area contributed by atoms with E-state index in [9.17, 15) is 4.39 Å². The van der Waals surface area contributed by atoms with Crippen LogP contribution in [0.4, 0.5) is 10.1 Å². The van der Waals surface area contributed by atoms with Gasteiger partial charge in [0.25, 0.3) is 0 Å². The first kappa shape index (κ1) is 16.1. The molecule has 0 saturated carbocycles. The van der Waals surface area contributed by atoms with Gasteiger partial charge >= 0.3 is 0 Å². The summed E-state index contributed by atoms with van der Waals surface area (Å²) >= 11 is 11.9. The number of hydrogen-bond donors (Lipinski definition) is 1. The summed E-state index contributed by atoms with van der Waals surface area (Å²) in [6.07, 6.45) is 0. The summed E-state index contributed by atoms with van der Waals surface area (Å²) in [5.41, 5.74) is 2.94. The van der Waals surface area contributed by atoms with E-state index in [1.54, 1.807) is 0 Å². The van der Waals surface area contributed by atoms with Crippen molar-refractivity contribution in [1.82, 2.24) is 0 Å². The van der Waals surface area contributed by atoms with Crippen LogP contribution in [0, 0.1) is 5.82 Å². The highest BCUT2D eigenvalue weighted by molar-refractivity contribution is 6.35. The third kappa shape index (κ3) is 3.69. The number of hydrogen-bond acceptors (Lipinski definition) is 1. The normalized spacial score (nSPS) is 12.5. The molecule has 0 aliphatic heterocycles. The Morgan fingerprint density at radius 1 is 0.952 bits per heavy atom. The maximum absolute atomic E-state index is 13.6. The first-order valence-electron chi connectivity index (χ1n) is 6.90. The molecule has 1 N–H and O–H groups in total. The summed E-state index contributed by atoms with van der Waals surface area (Å²) in [6.45, 7) is 6.23. The molecule has 0 aromatic heterocycles. The summed E-state index contributed by atoms with van der Waals surface area (Å²) in [5, 5.41) is 3.90. The Morgan fingerprint density at radius 2 is 1.62 bits per heavy atom. The summed E-state index contributed by atoms with van der Waals surface area (Å²) in [6, 6.07) is 10.8. The Kier molecular flexibility index (Phi) is 5.13. The molecule has 0 spiro atoms. The van der Waals surface area contributed by atoms with Crippen molar-refractivity contribution in [2.75, 3.05) is 5.32 Å². The standard InChI is InChI=1S/C17H18Cl2FN/c1-10(2)12-6-4-5-7-17(12)21-11(3)13-8-16(20)15(19)9-14(13)18/h4-11,21H,1-3H3. The largest absolute Gasteiger partial charge is 0.378 e. The number of nitrogens with one attached hydrogen (secondary N) is 1. The minimum Gasteiger partial charge on any atom is -0.378 e. The van der Waals surface area contributed by atoms with Crippen molar-refractivity contribution in [3.05, 3.63) is 63.4 Å². The van der Waals surface area contributed by atoms with Crippen LogP contribution in [0.2, 0.25) is 10.0 Å². The Labute approximate surface area is 135 Å². The van der Waals surface area contributed by atoms with Crippen molar-refractivity contribution in [3.8, 4) is 0 Å². The van der Waals surface area contributed by atoms with Crippen LogP contribution in [-0.2, 0) is 0 Å². The van der Waals surface area contributed by atoms with Gasteiger partial charge in [0.1, 0.15) is 5.82 Å². The van der Waals surface area contributed by atoms with E-state index in [0.29, 0.717) is 16.5 Å². The van der Waals surface area contributed by atoms with Gasteiger partial charge in [-0.1, -0.05) is 55.2 Å². The van der Waals surface area contributed by atoms with Crippen molar-refractivity contribution in [3.63, 3.8) is 0 Å². The SMILES string of the molecule is CC(C)c1ccccc1NC(C)c1cc(F)c(Cl)cc1Cl. The second-order valence-corrected chi connectivity index (χ2v) is 6.21. The van der Waals surface area contributed by atoms with E-state index in [1.807, 2.05) is 25.1 Å². The molecule has 21 heavy (non-hydrogen) atoms. The Bertz CT molecular complexity index is 641. The highest BCUT2D eigenvalue weighted by atomic mass is 35.5. The molecule has 0 heterocycles. The molecule has 0 radical (unpaired) electrons. The minimum atomic E-state index is -0.457. The second kappa shape index (κ2) is 6.67. The first-order valence-corrected chi connectivity index (χ1v) is 7.65. The molecule has 1 nitrogen and oxygen atoms in total. The van der Waals surface area contributed by atoms with Gasteiger partial charge in [-0.05, 0) is 42.2 Å². The maximum Gasteiger partial charge on any atom is 0.142 e. The van der Waals surface area contributed by atoms with E-state index in [-0.39, 0.29) is 11.1 Å². The van der Waals surface area contributed by atoms with Crippen LogP contribution in [0.5, 0.6) is 0 Å². The fourth-order valence-corrected chi connectivity index (χ4v) is 2.86. The average Bonchev–Trinajstić information content (AvgIpc) is 2.43. The highest BCUT2D eigenvalue weighted by Gasteiger charge is 2.15. The van der Waals surface area contributed by atoms with E-state index < -0.39 is 5.82 Å². The molecular formula is C17H18Cl2FN. The summed E-state index contributed by atoms with van der Waals surface area (Å²) in [7, 11) is 0. The van der Waals surface area contributed by atoms with E-state index in [2.05, 4.69) is 25.2 Å². The Morgan fingerprint density at radius 3 is 2.29 bits per heavy atom. The molecule has 2 rings (SSSR count). The zero-order valence-corrected chi connectivity index (χ0v) is 13.8. The molecule has 0 saturated heterocycles. The predicted octanol–water partition coefficient (Wildman–Crippen LogP) is 6.43. The van der Waals surface area contributed by atoms with Crippen LogP contribution < -0.4 is 5.32 Å². The second-order valence-electron chi connectivity index (χ2n) is 5.40. The fourth-order valence-electron chi connectivity index (χ4n) is 2.31. The van der Waals surface area contributed by atoms with Gasteiger partial charge in [-0.25, -0.2) is 4.39 Å². The van der Waals surface area contributed by atoms with Gasteiger partial charge in [0.05, 0.1) is 11.1 Å². The third-order valence-electron chi connectivity index (χ3n) is 3.46. The van der Waals surface area contributed by atoms with Crippen LogP contribution in [0.1, 0.15) is 43.9 Å². The zero-order chi connectivity index (χ0) is 15.6. The lowest BCUT2D eigenvalue weighted by atomic mass is 10.00. The first-order chi connectivity index (χ1) is 9.90. The van der Waals surface area contributed by atoms with Gasteiger partial charge in [0, 0.05) is 10.7 Å². The maximum atomic E-state index is 13.6. The molecule has 112 valence electrons. The lowest BCUT2D eigenvalue weighted by Gasteiger charge is -2.21.